The van der Waals surface area contributed by atoms with Gasteiger partial charge in [-0.1, -0.05) is 11.6 Å². The number of likely N-dealkylation sites (tertiary alicyclic amines) is 1. The Morgan fingerprint density at radius 3 is 2.54 bits per heavy atom. The van der Waals surface area contributed by atoms with E-state index in [1.54, 1.807) is 3.11 Å². The van der Waals surface area contributed by atoms with E-state index in [9.17, 15) is 13.2 Å². The van der Waals surface area contributed by atoms with Crippen LogP contribution in [0.5, 0.6) is 6.01 Å². The number of hydrogen-bond donors (Lipinski definition) is 2. The molecule has 3 heterocycles. The second-order valence-electron chi connectivity index (χ2n) is 9.16. The summed E-state index contributed by atoms with van der Waals surface area (Å²) in [5.41, 5.74) is 2.89. The van der Waals surface area contributed by atoms with Gasteiger partial charge in [-0.2, -0.15) is 26.4 Å². The Kier molecular flexibility index (Phi) is 9.47. The zero-order chi connectivity index (χ0) is 28.6. The van der Waals surface area contributed by atoms with Crippen LogP contribution >= 0.6 is 57.3 Å². The lowest BCUT2D eigenvalue weighted by Crippen LogP contribution is -2.31. The fourth-order valence-corrected chi connectivity index (χ4v) is 5.59. The minimum absolute atomic E-state index is 0.113. The number of hydrazine groups is 1. The molecule has 4 rings (SSSR count). The Hall–Kier alpha value is -1.54. The van der Waals surface area contributed by atoms with Crippen molar-refractivity contribution < 1.29 is 22.3 Å². The minimum Gasteiger partial charge on any atom is -0.462 e. The highest BCUT2D eigenvalue weighted by Gasteiger charge is 2.38. The first-order chi connectivity index (χ1) is 18.3. The molecule has 212 valence electrons. The molecular weight excluding hydrogens is 770 g/mol. The average molecular weight is 795 g/mol. The number of halogens is 7. The van der Waals surface area contributed by atoms with Crippen molar-refractivity contribution in [1.29, 1.82) is 0 Å². The van der Waals surface area contributed by atoms with Crippen LogP contribution in [0.1, 0.15) is 24.0 Å². The lowest BCUT2D eigenvalue weighted by Gasteiger charge is -2.22. The molecule has 0 saturated carbocycles. The number of aromatic nitrogens is 3. The van der Waals surface area contributed by atoms with E-state index in [1.807, 2.05) is 52.8 Å². The predicted molar refractivity (Wildman–Crippen MR) is 159 cm³/mol. The Balaban J connectivity index is 1.91. The highest BCUT2D eigenvalue weighted by molar-refractivity contribution is 14.1. The topological polar surface area (TPSA) is 110 Å². The van der Waals surface area contributed by atoms with Crippen LogP contribution in [0.25, 0.3) is 22.2 Å². The fraction of sp³-hybridized carbons (Fsp3) is 0.435. The van der Waals surface area contributed by atoms with Crippen LogP contribution in [0.15, 0.2) is 12.1 Å². The number of rotatable bonds is 8. The Morgan fingerprint density at radius 2 is 1.92 bits per heavy atom. The Bertz CT molecular complexity index is 1380. The van der Waals surface area contributed by atoms with Crippen molar-refractivity contribution in [2.45, 2.75) is 32.0 Å². The van der Waals surface area contributed by atoms with E-state index in [1.165, 1.54) is 16.2 Å². The van der Waals surface area contributed by atoms with Gasteiger partial charge in [0, 0.05) is 47.4 Å². The largest absolute Gasteiger partial charge is 0.462 e. The third-order valence-electron chi connectivity index (χ3n) is 6.42. The molecule has 1 aliphatic rings. The maximum Gasteiger partial charge on any atom is 0.418 e. The number of benzene rings is 1. The lowest BCUT2D eigenvalue weighted by atomic mass is 9.99. The molecule has 1 aromatic carbocycles. The molecule has 0 spiro atoms. The van der Waals surface area contributed by atoms with Crippen LogP contribution in [0.3, 0.4) is 0 Å². The van der Waals surface area contributed by atoms with Gasteiger partial charge < -0.3 is 15.4 Å². The summed E-state index contributed by atoms with van der Waals surface area (Å²) in [4.78, 5) is 14.8. The summed E-state index contributed by atoms with van der Waals surface area (Å²) in [6.45, 7) is 3.23. The SMILES string of the molecule is Cc1cc(N)nc(-c2c(Cl)cc3c(N(I)CCN(N)I)nc(OCC4CCCN4C)nc3c2F)c1C(F)(F)F. The van der Waals surface area contributed by atoms with Crippen molar-refractivity contribution in [2.75, 3.05) is 42.1 Å². The molecule has 0 bridgehead atoms. The van der Waals surface area contributed by atoms with Gasteiger partial charge in [-0.3, -0.25) is 8.96 Å². The van der Waals surface area contributed by atoms with Crippen molar-refractivity contribution in [1.82, 2.24) is 23.1 Å². The molecule has 0 aliphatic carbocycles. The molecule has 0 radical (unpaired) electrons. The van der Waals surface area contributed by atoms with Crippen LogP contribution in [0, 0.1) is 12.7 Å². The lowest BCUT2D eigenvalue weighted by molar-refractivity contribution is -0.137. The summed E-state index contributed by atoms with van der Waals surface area (Å²) < 4.78 is 67.4. The van der Waals surface area contributed by atoms with Gasteiger partial charge in [-0.25, -0.2) is 9.37 Å². The van der Waals surface area contributed by atoms with E-state index in [0.717, 1.165) is 25.5 Å². The van der Waals surface area contributed by atoms with Gasteiger partial charge in [0.2, 0.25) is 0 Å². The van der Waals surface area contributed by atoms with E-state index in [2.05, 4.69) is 19.9 Å². The van der Waals surface area contributed by atoms with Gasteiger partial charge >= 0.3 is 12.2 Å². The summed E-state index contributed by atoms with van der Waals surface area (Å²) in [7, 11) is 1.98. The molecule has 16 heteroatoms. The second kappa shape index (κ2) is 12.1. The molecular formula is C23H25ClF4I2N8O. The van der Waals surface area contributed by atoms with Crippen LogP contribution in [0.4, 0.5) is 29.2 Å². The smallest absolute Gasteiger partial charge is 0.418 e. The number of hydrogen-bond acceptors (Lipinski definition) is 9. The number of fused-ring (bicyclic) bond motifs is 1. The molecule has 0 amide bonds. The van der Waals surface area contributed by atoms with E-state index < -0.39 is 28.8 Å². The van der Waals surface area contributed by atoms with Gasteiger partial charge in [-0.15, -0.1) is 0 Å². The normalized spacial score (nSPS) is 16.4. The monoisotopic (exact) mass is 794 g/mol. The number of aryl methyl sites for hydroxylation is 1. The van der Waals surface area contributed by atoms with Gasteiger partial charge in [-0.05, 0) is 51.1 Å². The molecule has 39 heavy (non-hydrogen) atoms. The standard InChI is InChI=1S/C23H25ClF4I2N8O/c1-11-8-15(31)33-20(17(11)23(26,27)28)16-14(24)9-13-19(18(16)25)34-22(39-10-12-4-3-5-36(12)2)35-21(13)37(29)6-7-38(30)32/h8-9,12H,3-7,10,32H2,1-2H3,(H2,31,33). The van der Waals surface area contributed by atoms with Gasteiger partial charge in [0.15, 0.2) is 11.6 Å². The molecule has 3 aromatic rings. The molecule has 1 unspecified atom stereocenters. The molecule has 1 fully saturated rings. The van der Waals surface area contributed by atoms with Crippen molar-refractivity contribution >= 4 is 79.9 Å². The quantitative estimate of drug-likeness (QED) is 0.0999. The molecule has 9 nitrogen and oxygen atoms in total. The zero-order valence-electron chi connectivity index (χ0n) is 20.9. The Morgan fingerprint density at radius 1 is 1.21 bits per heavy atom. The number of ether oxygens (including phenoxy) is 1. The van der Waals surface area contributed by atoms with Gasteiger partial charge in [0.05, 0.1) is 44.7 Å². The van der Waals surface area contributed by atoms with Crippen LogP contribution in [-0.4, -0.2) is 62.4 Å². The van der Waals surface area contributed by atoms with E-state index in [0.29, 0.717) is 13.1 Å². The first-order valence-electron chi connectivity index (χ1n) is 11.8. The summed E-state index contributed by atoms with van der Waals surface area (Å²) in [5.74, 6) is 4.71. The highest BCUT2D eigenvalue weighted by atomic mass is 127. The number of likely N-dealkylation sites (N-methyl/N-ethyl adjacent to an activating group) is 1. The van der Waals surface area contributed by atoms with E-state index in [4.69, 9.17) is 27.9 Å². The summed E-state index contributed by atoms with van der Waals surface area (Å²) in [6, 6.07) is 2.43. The number of nitrogens with two attached hydrogens (primary N) is 2. The summed E-state index contributed by atoms with van der Waals surface area (Å²) in [6.07, 6.45) is -2.89. The van der Waals surface area contributed by atoms with Crippen LogP contribution < -0.4 is 19.4 Å². The maximum atomic E-state index is 16.3. The number of anilines is 2. The van der Waals surface area contributed by atoms with E-state index >= 15 is 4.39 Å². The number of nitrogen functional groups attached to an aromatic ring is 1. The zero-order valence-corrected chi connectivity index (χ0v) is 25.9. The molecule has 1 aliphatic heterocycles. The van der Waals surface area contributed by atoms with Crippen molar-refractivity contribution in [2.24, 2.45) is 5.84 Å². The van der Waals surface area contributed by atoms with Crippen molar-refractivity contribution in [3.05, 3.63) is 34.1 Å². The van der Waals surface area contributed by atoms with E-state index in [-0.39, 0.29) is 51.8 Å². The third-order valence-corrected chi connectivity index (χ3v) is 8.14. The summed E-state index contributed by atoms with van der Waals surface area (Å²) >= 11 is 10.4. The van der Waals surface area contributed by atoms with Crippen molar-refractivity contribution in [3.8, 4) is 17.3 Å². The Labute approximate surface area is 255 Å². The minimum atomic E-state index is -4.84. The molecule has 1 saturated heterocycles. The number of pyridine rings is 1. The van der Waals surface area contributed by atoms with Crippen molar-refractivity contribution in [3.63, 3.8) is 0 Å². The fourth-order valence-electron chi connectivity index (χ4n) is 4.51. The molecule has 2 aromatic heterocycles. The summed E-state index contributed by atoms with van der Waals surface area (Å²) in [5, 5.41) is -0.111. The van der Waals surface area contributed by atoms with Gasteiger partial charge in [0.25, 0.3) is 0 Å². The number of alkyl halides is 3. The second-order valence-corrected chi connectivity index (χ2v) is 12.0. The van der Waals surface area contributed by atoms with Crippen LogP contribution in [0.2, 0.25) is 5.02 Å². The number of nitrogens with zero attached hydrogens (tertiary/aromatic N) is 6. The maximum absolute atomic E-state index is 16.3. The van der Waals surface area contributed by atoms with Gasteiger partial charge in [0.1, 0.15) is 17.9 Å². The highest BCUT2D eigenvalue weighted by Crippen LogP contribution is 2.44. The van der Waals surface area contributed by atoms with Crippen LogP contribution in [-0.2, 0) is 6.18 Å². The predicted octanol–water partition coefficient (Wildman–Crippen LogP) is 5.55. The first kappa shape index (κ1) is 30.4. The molecule has 1 atom stereocenters. The molecule has 4 N–H and O–H groups in total. The average Bonchev–Trinajstić information content (AvgIpc) is 3.24. The third kappa shape index (κ3) is 6.69. The first-order valence-corrected chi connectivity index (χ1v) is 14.1.